The van der Waals surface area contributed by atoms with E-state index < -0.39 is 17.2 Å². The second-order valence-electron chi connectivity index (χ2n) is 7.23. The molecule has 30 heavy (non-hydrogen) atoms. The summed E-state index contributed by atoms with van der Waals surface area (Å²) in [7, 11) is 0. The van der Waals surface area contributed by atoms with Crippen LogP contribution in [0.15, 0.2) is 83.3 Å². The number of aliphatic hydroxyl groups is 1. The molecule has 1 aliphatic rings. The summed E-state index contributed by atoms with van der Waals surface area (Å²) in [5.41, 5.74) is 2.08. The molecule has 1 N–H and O–H groups in total. The highest BCUT2D eigenvalue weighted by Gasteiger charge is 2.45. The fourth-order valence-electron chi connectivity index (χ4n) is 4.04. The molecule has 1 aliphatic heterocycles. The number of nitrogens with zero attached hydrogens (tertiary/aromatic N) is 2. The van der Waals surface area contributed by atoms with Gasteiger partial charge in [0.05, 0.1) is 4.92 Å². The van der Waals surface area contributed by atoms with E-state index in [2.05, 4.69) is 15.9 Å². The highest BCUT2D eigenvalue weighted by molar-refractivity contribution is 9.10. The predicted octanol–water partition coefficient (Wildman–Crippen LogP) is 4.92. The van der Waals surface area contributed by atoms with Crippen LogP contribution in [0.1, 0.15) is 28.3 Å². The fraction of sp³-hybridized carbons (Fsp3) is 0.174. The Balaban J connectivity index is 1.77. The SMILES string of the molecule is O=C(c1ccccc1)[C@H]1[C@H](c2ccc([N+](=O)[O-])cc2)C[C@@H](O)N1c1ccc(Br)cc1. The Labute approximate surface area is 182 Å². The van der Waals surface area contributed by atoms with Crippen LogP contribution >= 0.6 is 15.9 Å². The Bertz CT molecular complexity index is 1050. The largest absolute Gasteiger partial charge is 0.374 e. The van der Waals surface area contributed by atoms with Gasteiger partial charge in [0.25, 0.3) is 5.69 Å². The molecule has 0 amide bonds. The van der Waals surface area contributed by atoms with E-state index in [9.17, 15) is 20.0 Å². The van der Waals surface area contributed by atoms with Crippen molar-refractivity contribution in [3.05, 3.63) is 105 Å². The molecule has 3 aromatic rings. The monoisotopic (exact) mass is 466 g/mol. The first-order valence-electron chi connectivity index (χ1n) is 9.51. The van der Waals surface area contributed by atoms with Crippen molar-refractivity contribution in [3.63, 3.8) is 0 Å². The highest BCUT2D eigenvalue weighted by atomic mass is 79.9. The van der Waals surface area contributed by atoms with Crippen LogP contribution in [-0.2, 0) is 0 Å². The Morgan fingerprint density at radius 1 is 1.00 bits per heavy atom. The van der Waals surface area contributed by atoms with Crippen LogP contribution in [0.4, 0.5) is 11.4 Å². The van der Waals surface area contributed by atoms with Crippen LogP contribution in [0, 0.1) is 10.1 Å². The number of non-ortho nitro benzene ring substituents is 1. The number of Topliss-reactive ketones (excluding diaryl/α,β-unsaturated/α-hetero) is 1. The Morgan fingerprint density at radius 2 is 1.63 bits per heavy atom. The molecule has 0 unspecified atom stereocenters. The second-order valence-corrected chi connectivity index (χ2v) is 8.15. The maximum Gasteiger partial charge on any atom is 0.269 e. The van der Waals surface area contributed by atoms with E-state index >= 15 is 0 Å². The zero-order chi connectivity index (χ0) is 21.3. The normalized spacial score (nSPS) is 20.9. The van der Waals surface area contributed by atoms with E-state index in [4.69, 9.17) is 0 Å². The third kappa shape index (κ3) is 3.86. The van der Waals surface area contributed by atoms with Gasteiger partial charge in [-0.25, -0.2) is 0 Å². The van der Waals surface area contributed by atoms with Gasteiger partial charge in [0.2, 0.25) is 0 Å². The quantitative estimate of drug-likeness (QED) is 0.327. The van der Waals surface area contributed by atoms with Gasteiger partial charge in [0.15, 0.2) is 5.78 Å². The Hall–Kier alpha value is -3.03. The van der Waals surface area contributed by atoms with Gasteiger partial charge in [-0.2, -0.15) is 0 Å². The van der Waals surface area contributed by atoms with Crippen molar-refractivity contribution in [1.82, 2.24) is 0 Å². The van der Waals surface area contributed by atoms with Gasteiger partial charge in [0.1, 0.15) is 12.3 Å². The summed E-state index contributed by atoms with van der Waals surface area (Å²) in [5, 5.41) is 21.9. The summed E-state index contributed by atoms with van der Waals surface area (Å²) in [4.78, 5) is 25.8. The standard InChI is InChI=1S/C23H19BrN2O4/c24-17-8-12-18(13-9-17)25-21(27)14-20(15-6-10-19(11-7-15)26(29)30)22(25)23(28)16-4-2-1-3-5-16/h1-13,20-22,27H,14H2/t20-,21+,22+/m0/s1. The van der Waals surface area contributed by atoms with Crippen LogP contribution in [-0.4, -0.2) is 28.1 Å². The van der Waals surface area contributed by atoms with Gasteiger partial charge < -0.3 is 10.0 Å². The van der Waals surface area contributed by atoms with E-state index in [0.717, 1.165) is 15.7 Å². The molecule has 0 aromatic heterocycles. The molecule has 152 valence electrons. The van der Waals surface area contributed by atoms with Crippen LogP contribution < -0.4 is 4.90 Å². The molecule has 1 fully saturated rings. The second kappa shape index (κ2) is 8.38. The van der Waals surface area contributed by atoms with E-state index in [0.29, 0.717) is 12.0 Å². The van der Waals surface area contributed by atoms with Crippen molar-refractivity contribution in [2.75, 3.05) is 4.90 Å². The smallest absolute Gasteiger partial charge is 0.269 e. The van der Waals surface area contributed by atoms with Crippen molar-refractivity contribution in [3.8, 4) is 0 Å². The van der Waals surface area contributed by atoms with Crippen LogP contribution in [0.3, 0.4) is 0 Å². The molecule has 1 heterocycles. The molecular formula is C23H19BrN2O4. The van der Waals surface area contributed by atoms with Crippen molar-refractivity contribution < 1.29 is 14.8 Å². The highest BCUT2D eigenvalue weighted by Crippen LogP contribution is 2.41. The molecule has 0 saturated carbocycles. The van der Waals surface area contributed by atoms with Crippen molar-refractivity contribution in [2.24, 2.45) is 0 Å². The average Bonchev–Trinajstić information content (AvgIpc) is 3.11. The molecule has 7 heteroatoms. The summed E-state index contributed by atoms with van der Waals surface area (Å²) < 4.78 is 0.901. The molecule has 0 radical (unpaired) electrons. The number of aliphatic hydroxyl groups excluding tert-OH is 1. The van der Waals surface area contributed by atoms with E-state index in [1.165, 1.54) is 12.1 Å². The first-order chi connectivity index (χ1) is 14.5. The molecule has 3 aromatic carbocycles. The summed E-state index contributed by atoms with van der Waals surface area (Å²) in [6, 6.07) is 22.0. The van der Waals surface area contributed by atoms with Crippen LogP contribution in [0.25, 0.3) is 0 Å². The minimum absolute atomic E-state index is 0.00648. The molecule has 0 aliphatic carbocycles. The molecule has 3 atom stereocenters. The first kappa shape index (κ1) is 20.3. The topological polar surface area (TPSA) is 83.7 Å². The average molecular weight is 467 g/mol. The number of hydrogen-bond donors (Lipinski definition) is 1. The van der Waals surface area contributed by atoms with Gasteiger partial charge in [-0.15, -0.1) is 0 Å². The Morgan fingerprint density at radius 3 is 2.23 bits per heavy atom. The molecule has 4 rings (SSSR count). The number of ketones is 1. The lowest BCUT2D eigenvalue weighted by molar-refractivity contribution is -0.384. The molecular weight excluding hydrogens is 448 g/mol. The number of anilines is 1. The molecule has 0 spiro atoms. The van der Waals surface area contributed by atoms with E-state index in [1.807, 2.05) is 42.5 Å². The first-order valence-corrected chi connectivity index (χ1v) is 10.3. The Kier molecular flexibility index (Phi) is 5.65. The van der Waals surface area contributed by atoms with Gasteiger partial charge in [-0.05, 0) is 29.8 Å². The van der Waals surface area contributed by atoms with Gasteiger partial charge >= 0.3 is 0 Å². The lowest BCUT2D eigenvalue weighted by atomic mass is 9.87. The van der Waals surface area contributed by atoms with Crippen LogP contribution in [0.5, 0.6) is 0 Å². The van der Waals surface area contributed by atoms with Gasteiger partial charge in [0, 0.05) is 40.2 Å². The maximum absolute atomic E-state index is 13.5. The zero-order valence-corrected chi connectivity index (χ0v) is 17.5. The predicted molar refractivity (Wildman–Crippen MR) is 118 cm³/mol. The molecule has 1 saturated heterocycles. The third-order valence-electron chi connectivity index (χ3n) is 5.45. The number of benzene rings is 3. The van der Waals surface area contributed by atoms with Gasteiger partial charge in [-0.1, -0.05) is 58.4 Å². The zero-order valence-electron chi connectivity index (χ0n) is 15.9. The molecule has 6 nitrogen and oxygen atoms in total. The summed E-state index contributed by atoms with van der Waals surface area (Å²) in [6.45, 7) is 0. The number of nitro benzene ring substituents is 1. The van der Waals surface area contributed by atoms with E-state index in [-0.39, 0.29) is 17.4 Å². The minimum atomic E-state index is -0.857. The summed E-state index contributed by atoms with van der Waals surface area (Å²) in [6.07, 6.45) is -0.513. The van der Waals surface area contributed by atoms with Crippen molar-refractivity contribution >= 4 is 33.1 Å². The summed E-state index contributed by atoms with van der Waals surface area (Å²) in [5.74, 6) is -0.407. The lowest BCUT2D eigenvalue weighted by Gasteiger charge is -2.31. The lowest BCUT2D eigenvalue weighted by Crippen LogP contribution is -2.42. The number of carbonyl (C=O) groups excluding carboxylic acids is 1. The van der Waals surface area contributed by atoms with Crippen molar-refractivity contribution in [2.45, 2.75) is 24.6 Å². The van der Waals surface area contributed by atoms with Crippen LogP contribution in [0.2, 0.25) is 0 Å². The number of hydrogen-bond acceptors (Lipinski definition) is 5. The minimum Gasteiger partial charge on any atom is -0.374 e. The maximum atomic E-state index is 13.5. The number of halogens is 1. The number of carbonyl (C=O) groups is 1. The third-order valence-corrected chi connectivity index (χ3v) is 5.98. The summed E-state index contributed by atoms with van der Waals surface area (Å²) >= 11 is 3.41. The fourth-order valence-corrected chi connectivity index (χ4v) is 4.30. The van der Waals surface area contributed by atoms with E-state index in [1.54, 1.807) is 29.2 Å². The molecule has 0 bridgehead atoms. The number of nitro groups is 1. The van der Waals surface area contributed by atoms with Gasteiger partial charge in [-0.3, -0.25) is 14.9 Å². The number of rotatable bonds is 5. The van der Waals surface area contributed by atoms with Crippen molar-refractivity contribution in [1.29, 1.82) is 0 Å².